The van der Waals surface area contributed by atoms with Crippen molar-refractivity contribution in [2.24, 2.45) is 10.7 Å². The second kappa shape index (κ2) is 11.0. The molecule has 0 fully saturated rings. The maximum atomic E-state index is 12.2. The van der Waals surface area contributed by atoms with Gasteiger partial charge in [0.05, 0.1) is 29.1 Å². The van der Waals surface area contributed by atoms with Crippen LogP contribution in [-0.2, 0) is 9.47 Å². The van der Waals surface area contributed by atoms with Crippen LogP contribution in [0.15, 0.2) is 77.8 Å². The first-order chi connectivity index (χ1) is 17.0. The Morgan fingerprint density at radius 3 is 2.49 bits per heavy atom. The van der Waals surface area contributed by atoms with Gasteiger partial charge in [-0.1, -0.05) is 48.5 Å². The quantitative estimate of drug-likeness (QED) is 0.228. The van der Waals surface area contributed by atoms with E-state index in [2.05, 4.69) is 4.98 Å². The van der Waals surface area contributed by atoms with Gasteiger partial charge in [-0.05, 0) is 43.2 Å². The number of aromatic hydroxyl groups is 1. The van der Waals surface area contributed by atoms with Crippen LogP contribution in [0.25, 0.3) is 10.9 Å². The summed E-state index contributed by atoms with van der Waals surface area (Å²) >= 11 is 0. The molecule has 0 amide bonds. The van der Waals surface area contributed by atoms with Crippen LogP contribution in [0, 0.1) is 0 Å². The lowest BCUT2D eigenvalue weighted by molar-refractivity contribution is 0.0526. The summed E-state index contributed by atoms with van der Waals surface area (Å²) in [4.78, 5) is 20.1. The van der Waals surface area contributed by atoms with Crippen LogP contribution >= 0.6 is 0 Å². The van der Waals surface area contributed by atoms with Gasteiger partial charge in [0.2, 0.25) is 0 Å². The number of hydrogen-bond donors (Lipinski definition) is 3. The second-order valence-corrected chi connectivity index (χ2v) is 8.14. The van der Waals surface area contributed by atoms with Gasteiger partial charge in [-0.25, -0.2) is 9.79 Å². The zero-order valence-electron chi connectivity index (χ0n) is 19.8. The number of nitrogens with two attached hydrogens (primary N) is 1. The molecule has 7 nitrogen and oxygen atoms in total. The summed E-state index contributed by atoms with van der Waals surface area (Å²) in [6, 6.07) is 22.5. The molecular formula is C28H29N3O4. The highest BCUT2D eigenvalue weighted by molar-refractivity contribution is 6.22. The lowest BCUT2D eigenvalue weighted by atomic mass is 10.00. The summed E-state index contributed by atoms with van der Waals surface area (Å²) in [5.41, 5.74) is 11.0. The number of rotatable bonds is 9. The number of carbonyl (C=O) groups excluding carboxylic acids is 1. The van der Waals surface area contributed by atoms with Gasteiger partial charge in [0.25, 0.3) is 0 Å². The number of nitrogens with zero attached hydrogens (tertiary/aromatic N) is 1. The molecule has 0 aliphatic rings. The van der Waals surface area contributed by atoms with Crippen LogP contribution in [0.4, 0.5) is 5.69 Å². The molecule has 7 heteroatoms. The fraction of sp³-hybridized carbons (Fsp3) is 0.214. The normalized spacial score (nSPS) is 12.6. The van der Waals surface area contributed by atoms with E-state index in [9.17, 15) is 9.90 Å². The minimum absolute atomic E-state index is 0.0261. The molecule has 0 saturated heterocycles. The molecule has 4 rings (SSSR count). The van der Waals surface area contributed by atoms with Crippen molar-refractivity contribution in [3.63, 3.8) is 0 Å². The molecular weight excluding hydrogens is 442 g/mol. The Morgan fingerprint density at radius 1 is 1.06 bits per heavy atom. The van der Waals surface area contributed by atoms with Gasteiger partial charge in [-0.15, -0.1) is 0 Å². The fourth-order valence-electron chi connectivity index (χ4n) is 3.96. The van der Waals surface area contributed by atoms with Gasteiger partial charge in [-0.2, -0.15) is 0 Å². The van der Waals surface area contributed by atoms with Crippen molar-refractivity contribution in [1.82, 2.24) is 4.98 Å². The first-order valence-corrected chi connectivity index (χ1v) is 11.5. The molecule has 0 radical (unpaired) electrons. The predicted octanol–water partition coefficient (Wildman–Crippen LogP) is 5.26. The Labute approximate surface area is 204 Å². The first kappa shape index (κ1) is 24.2. The van der Waals surface area contributed by atoms with Crippen LogP contribution < -0.4 is 5.73 Å². The maximum absolute atomic E-state index is 12.2. The van der Waals surface area contributed by atoms with Crippen LogP contribution in [-0.4, -0.2) is 42.1 Å². The molecule has 1 aromatic heterocycles. The Balaban J connectivity index is 1.77. The average molecular weight is 472 g/mol. The molecule has 0 spiro atoms. The molecule has 3 aromatic carbocycles. The van der Waals surface area contributed by atoms with Crippen molar-refractivity contribution in [3.8, 4) is 5.88 Å². The molecule has 35 heavy (non-hydrogen) atoms. The number of hydrogen-bond acceptors (Lipinski definition) is 6. The van der Waals surface area contributed by atoms with E-state index >= 15 is 0 Å². The van der Waals surface area contributed by atoms with Gasteiger partial charge < -0.3 is 25.3 Å². The summed E-state index contributed by atoms with van der Waals surface area (Å²) in [6.07, 6.45) is 0.728. The number of carbonyl (C=O) groups is 1. The van der Waals surface area contributed by atoms with Gasteiger partial charge in [-0.3, -0.25) is 0 Å². The van der Waals surface area contributed by atoms with Crippen molar-refractivity contribution < 1.29 is 19.4 Å². The van der Waals surface area contributed by atoms with E-state index in [-0.39, 0.29) is 11.9 Å². The van der Waals surface area contributed by atoms with Gasteiger partial charge in [0, 0.05) is 36.2 Å². The van der Waals surface area contributed by atoms with E-state index in [1.807, 2.05) is 54.6 Å². The molecule has 1 unspecified atom stereocenters. The highest BCUT2D eigenvalue weighted by Gasteiger charge is 2.20. The minimum Gasteiger partial charge on any atom is -0.494 e. The molecule has 4 aromatic rings. The Hall–Kier alpha value is -3.94. The van der Waals surface area contributed by atoms with Crippen molar-refractivity contribution in [2.75, 3.05) is 20.3 Å². The van der Waals surface area contributed by atoms with Crippen molar-refractivity contribution in [1.29, 1.82) is 0 Å². The standard InChI is InChI=1S/C28H29N3O4/c1-3-35-28(33)20-11-14-22-24(17-20)31-27(32)25(22)26(19-7-5-4-6-8-19)30-21-12-9-18(10-13-21)23(29)15-16-34-2/h4-14,17,23,31-32H,3,15-16,29H2,1-2H3. The molecule has 180 valence electrons. The summed E-state index contributed by atoms with van der Waals surface area (Å²) in [6.45, 7) is 2.65. The maximum Gasteiger partial charge on any atom is 0.338 e. The molecule has 1 heterocycles. The topological polar surface area (TPSA) is 110 Å². The molecule has 4 N–H and O–H groups in total. The third kappa shape index (κ3) is 5.42. The van der Waals surface area contributed by atoms with Crippen molar-refractivity contribution in [3.05, 3.63) is 95.1 Å². The van der Waals surface area contributed by atoms with E-state index in [1.165, 1.54) is 0 Å². The summed E-state index contributed by atoms with van der Waals surface area (Å²) in [5.74, 6) is -0.437. The Morgan fingerprint density at radius 2 is 1.80 bits per heavy atom. The number of nitrogens with one attached hydrogen (secondary N) is 1. The molecule has 0 bridgehead atoms. The fourth-order valence-corrected chi connectivity index (χ4v) is 3.96. The number of benzene rings is 3. The van der Waals surface area contributed by atoms with Crippen LogP contribution in [0.2, 0.25) is 0 Å². The van der Waals surface area contributed by atoms with Crippen LogP contribution in [0.3, 0.4) is 0 Å². The van der Waals surface area contributed by atoms with Crippen molar-refractivity contribution in [2.45, 2.75) is 19.4 Å². The molecule has 0 saturated carbocycles. The monoisotopic (exact) mass is 471 g/mol. The number of fused-ring (bicyclic) bond motifs is 1. The third-order valence-electron chi connectivity index (χ3n) is 5.77. The Bertz CT molecular complexity index is 1330. The highest BCUT2D eigenvalue weighted by Crippen LogP contribution is 2.32. The molecule has 0 aliphatic carbocycles. The molecule has 1 atom stereocenters. The van der Waals surface area contributed by atoms with E-state index in [0.717, 1.165) is 28.6 Å². The predicted molar refractivity (Wildman–Crippen MR) is 138 cm³/mol. The van der Waals surface area contributed by atoms with E-state index in [1.54, 1.807) is 32.2 Å². The highest BCUT2D eigenvalue weighted by atomic mass is 16.5. The number of esters is 1. The first-order valence-electron chi connectivity index (χ1n) is 11.5. The number of aliphatic imine (C=N–C) groups is 1. The second-order valence-electron chi connectivity index (χ2n) is 8.14. The number of ether oxygens (including phenoxy) is 2. The third-order valence-corrected chi connectivity index (χ3v) is 5.77. The smallest absolute Gasteiger partial charge is 0.338 e. The zero-order chi connectivity index (χ0) is 24.8. The SMILES string of the molecule is CCOC(=O)c1ccc2c(C(=Nc3ccc(C(N)CCOC)cc3)c3ccccc3)c(O)[nH]c2c1. The number of methoxy groups -OCH3 is 1. The summed E-state index contributed by atoms with van der Waals surface area (Å²) in [7, 11) is 1.66. The molecule has 0 aliphatic heterocycles. The largest absolute Gasteiger partial charge is 0.494 e. The number of aromatic nitrogens is 1. The minimum atomic E-state index is -0.411. The van der Waals surface area contributed by atoms with E-state index < -0.39 is 5.97 Å². The Kier molecular flexibility index (Phi) is 7.60. The lowest BCUT2D eigenvalue weighted by Crippen LogP contribution is -2.12. The van der Waals surface area contributed by atoms with E-state index in [4.69, 9.17) is 20.2 Å². The van der Waals surface area contributed by atoms with Crippen molar-refractivity contribution >= 4 is 28.3 Å². The van der Waals surface area contributed by atoms with Crippen LogP contribution in [0.5, 0.6) is 5.88 Å². The summed E-state index contributed by atoms with van der Waals surface area (Å²) < 4.78 is 10.2. The number of aromatic amines is 1. The van der Waals surface area contributed by atoms with Gasteiger partial charge in [0.1, 0.15) is 0 Å². The lowest BCUT2D eigenvalue weighted by Gasteiger charge is -2.12. The average Bonchev–Trinajstić information content (AvgIpc) is 3.21. The van der Waals surface area contributed by atoms with Crippen LogP contribution in [0.1, 0.15) is 46.4 Å². The van der Waals surface area contributed by atoms with E-state index in [0.29, 0.717) is 35.6 Å². The number of H-pyrrole nitrogens is 1. The van der Waals surface area contributed by atoms with Gasteiger partial charge in [0.15, 0.2) is 5.88 Å². The summed E-state index contributed by atoms with van der Waals surface area (Å²) in [5, 5.41) is 11.6. The zero-order valence-corrected chi connectivity index (χ0v) is 19.8. The van der Waals surface area contributed by atoms with Gasteiger partial charge >= 0.3 is 5.97 Å².